The summed E-state index contributed by atoms with van der Waals surface area (Å²) in [6.07, 6.45) is 18.4. The summed E-state index contributed by atoms with van der Waals surface area (Å²) in [7, 11) is 1.77. The van der Waals surface area contributed by atoms with Crippen LogP contribution in [0.15, 0.2) is 11.6 Å². The Morgan fingerprint density at radius 1 is 0.969 bits per heavy atom. The molecule has 3 fully saturated rings. The Labute approximate surface area is 199 Å². The molecule has 2 heteroatoms. The highest BCUT2D eigenvalue weighted by Gasteiger charge is 2.59. The summed E-state index contributed by atoms with van der Waals surface area (Å²) in [6.45, 7) is 14.2. The summed E-state index contributed by atoms with van der Waals surface area (Å²) in [4.78, 5) is 0. The van der Waals surface area contributed by atoms with E-state index >= 15 is 0 Å². The average molecular weight is 445 g/mol. The summed E-state index contributed by atoms with van der Waals surface area (Å²) in [5.41, 5.74) is 2.78. The van der Waals surface area contributed by atoms with Gasteiger partial charge in [-0.05, 0) is 97.7 Å². The van der Waals surface area contributed by atoms with E-state index in [0.29, 0.717) is 16.9 Å². The van der Waals surface area contributed by atoms with Crippen LogP contribution >= 0.6 is 0 Å². The fraction of sp³-hybridized carbons (Fsp3) is 0.933. The molecular weight excluding hydrogens is 392 g/mol. The Morgan fingerprint density at radius 2 is 1.78 bits per heavy atom. The second-order valence-electron chi connectivity index (χ2n) is 13.0. The molecule has 4 aliphatic rings. The molecule has 3 unspecified atom stereocenters. The van der Waals surface area contributed by atoms with E-state index in [0.717, 1.165) is 48.7 Å². The number of allylic oxidation sites excluding steroid dienone is 1. The Hall–Kier alpha value is -0.340. The first kappa shape index (κ1) is 24.8. The van der Waals surface area contributed by atoms with Gasteiger partial charge in [-0.1, -0.05) is 65.5 Å². The van der Waals surface area contributed by atoms with Crippen molar-refractivity contribution in [1.82, 2.24) is 0 Å². The van der Waals surface area contributed by atoms with Gasteiger partial charge in [0.1, 0.15) is 0 Å². The van der Waals surface area contributed by atoms with Crippen LogP contribution in [0.5, 0.6) is 0 Å². The summed E-state index contributed by atoms with van der Waals surface area (Å²) in [5.74, 6) is 5.53. The first-order chi connectivity index (χ1) is 15.3. The maximum absolute atomic E-state index is 6.16. The highest BCUT2D eigenvalue weighted by molar-refractivity contribution is 5.25. The smallest absolute Gasteiger partial charge is 0.0704 e. The summed E-state index contributed by atoms with van der Waals surface area (Å²) in [6, 6.07) is 0. The maximum Gasteiger partial charge on any atom is 0.0704 e. The predicted molar refractivity (Wildman–Crippen MR) is 135 cm³/mol. The first-order valence-corrected chi connectivity index (χ1v) is 14.1. The molecule has 0 N–H and O–H groups in total. The number of ether oxygens (including phenoxy) is 2. The molecular formula is C30H52O2. The fourth-order valence-electron chi connectivity index (χ4n) is 9.09. The predicted octanol–water partition coefficient (Wildman–Crippen LogP) is 8.06. The van der Waals surface area contributed by atoms with Gasteiger partial charge in [0.05, 0.1) is 19.3 Å². The molecule has 0 spiro atoms. The van der Waals surface area contributed by atoms with Gasteiger partial charge in [0.15, 0.2) is 0 Å². The van der Waals surface area contributed by atoms with Gasteiger partial charge in [0, 0.05) is 7.11 Å². The van der Waals surface area contributed by atoms with Gasteiger partial charge in [0.2, 0.25) is 0 Å². The van der Waals surface area contributed by atoms with Crippen molar-refractivity contribution in [3.05, 3.63) is 11.6 Å². The monoisotopic (exact) mass is 444 g/mol. The largest absolute Gasteiger partial charge is 0.382 e. The minimum Gasteiger partial charge on any atom is -0.382 e. The molecule has 0 aliphatic heterocycles. The van der Waals surface area contributed by atoms with Crippen molar-refractivity contribution in [2.24, 2.45) is 46.3 Å². The first-order valence-electron chi connectivity index (χ1n) is 14.1. The SMILES string of the molecule is COCCO[C@H]1CC[C@@]2(C)C(=CCC3C2CC[C@@]2(C)C3CC[C@@H]2[C@H](C)CCCC(C)C)C1. The number of hydrogen-bond donors (Lipinski definition) is 0. The number of hydrogen-bond acceptors (Lipinski definition) is 2. The van der Waals surface area contributed by atoms with Crippen LogP contribution in [0.4, 0.5) is 0 Å². The van der Waals surface area contributed by atoms with Gasteiger partial charge < -0.3 is 9.47 Å². The van der Waals surface area contributed by atoms with Gasteiger partial charge >= 0.3 is 0 Å². The number of fused-ring (bicyclic) bond motifs is 5. The lowest BCUT2D eigenvalue weighted by atomic mass is 9.47. The van der Waals surface area contributed by atoms with E-state index in [2.05, 4.69) is 40.7 Å². The Bertz CT molecular complexity index is 653. The molecule has 0 bridgehead atoms. The lowest BCUT2D eigenvalue weighted by Gasteiger charge is -2.58. The highest BCUT2D eigenvalue weighted by atomic mass is 16.5. The van der Waals surface area contributed by atoms with Gasteiger partial charge in [0.25, 0.3) is 0 Å². The normalized spacial score (nSPS) is 42.2. The zero-order chi connectivity index (χ0) is 22.9. The van der Waals surface area contributed by atoms with Gasteiger partial charge in [-0.25, -0.2) is 0 Å². The minimum atomic E-state index is 0.414. The van der Waals surface area contributed by atoms with Crippen molar-refractivity contribution in [1.29, 1.82) is 0 Å². The van der Waals surface area contributed by atoms with E-state index in [1.807, 2.05) is 0 Å². The molecule has 0 saturated heterocycles. The van der Waals surface area contributed by atoms with Crippen LogP contribution in [0.2, 0.25) is 0 Å². The van der Waals surface area contributed by atoms with Crippen LogP contribution in [-0.2, 0) is 9.47 Å². The van der Waals surface area contributed by atoms with Gasteiger partial charge in [-0.15, -0.1) is 0 Å². The highest BCUT2D eigenvalue weighted by Crippen LogP contribution is 2.67. The van der Waals surface area contributed by atoms with Crippen molar-refractivity contribution < 1.29 is 9.47 Å². The molecule has 0 aromatic rings. The third-order valence-electron chi connectivity index (χ3n) is 10.9. The summed E-state index contributed by atoms with van der Waals surface area (Å²) >= 11 is 0. The van der Waals surface area contributed by atoms with E-state index in [1.54, 1.807) is 12.7 Å². The van der Waals surface area contributed by atoms with E-state index in [-0.39, 0.29) is 0 Å². The van der Waals surface area contributed by atoms with E-state index in [4.69, 9.17) is 9.47 Å². The van der Waals surface area contributed by atoms with Gasteiger partial charge in [-0.2, -0.15) is 0 Å². The van der Waals surface area contributed by atoms with Crippen molar-refractivity contribution >= 4 is 0 Å². The Kier molecular flexibility index (Phi) is 7.82. The third-order valence-corrected chi connectivity index (χ3v) is 10.9. The Balaban J connectivity index is 1.42. The van der Waals surface area contributed by atoms with E-state index in [9.17, 15) is 0 Å². The van der Waals surface area contributed by atoms with Crippen LogP contribution < -0.4 is 0 Å². The fourth-order valence-corrected chi connectivity index (χ4v) is 9.09. The molecule has 2 nitrogen and oxygen atoms in total. The number of methoxy groups -OCH3 is 1. The maximum atomic E-state index is 6.16. The zero-order valence-electron chi connectivity index (χ0n) is 22.1. The lowest BCUT2D eigenvalue weighted by molar-refractivity contribution is -0.0667. The van der Waals surface area contributed by atoms with Crippen LogP contribution in [0.25, 0.3) is 0 Å². The molecule has 8 atom stereocenters. The second-order valence-corrected chi connectivity index (χ2v) is 13.0. The topological polar surface area (TPSA) is 18.5 Å². The molecule has 184 valence electrons. The summed E-state index contributed by atoms with van der Waals surface area (Å²) in [5, 5.41) is 0. The lowest BCUT2D eigenvalue weighted by Crippen LogP contribution is -2.51. The third kappa shape index (κ3) is 4.61. The minimum absolute atomic E-state index is 0.414. The van der Waals surface area contributed by atoms with Crippen molar-refractivity contribution in [2.45, 2.75) is 111 Å². The van der Waals surface area contributed by atoms with Crippen LogP contribution in [0.3, 0.4) is 0 Å². The van der Waals surface area contributed by atoms with Crippen molar-refractivity contribution in [3.63, 3.8) is 0 Å². The standard InChI is InChI=1S/C30H52O2/c1-21(2)8-7-9-22(3)26-12-13-27-25-11-10-23-20-24(32-19-18-31-6)14-16-29(23,4)28(25)15-17-30(26,27)5/h10,21-22,24-28H,7-9,11-20H2,1-6H3/t22-,24+,25?,26-,27?,28?,29+,30-/m1/s1. The molecule has 3 saturated carbocycles. The molecule has 0 radical (unpaired) electrons. The molecule has 0 aromatic carbocycles. The second kappa shape index (κ2) is 10.1. The Morgan fingerprint density at radius 3 is 2.53 bits per heavy atom. The molecule has 0 heterocycles. The molecule has 0 amide bonds. The quantitative estimate of drug-likeness (QED) is 0.264. The molecule has 0 aromatic heterocycles. The van der Waals surface area contributed by atoms with Crippen LogP contribution in [-0.4, -0.2) is 26.4 Å². The summed E-state index contributed by atoms with van der Waals surface area (Å²) < 4.78 is 11.4. The van der Waals surface area contributed by atoms with Gasteiger partial charge in [-0.3, -0.25) is 0 Å². The van der Waals surface area contributed by atoms with Crippen LogP contribution in [0, 0.1) is 46.3 Å². The van der Waals surface area contributed by atoms with Crippen LogP contribution in [0.1, 0.15) is 105 Å². The average Bonchev–Trinajstić information content (AvgIpc) is 3.11. The molecule has 4 aliphatic carbocycles. The van der Waals surface area contributed by atoms with Crippen molar-refractivity contribution in [3.8, 4) is 0 Å². The van der Waals surface area contributed by atoms with E-state index < -0.39 is 0 Å². The van der Waals surface area contributed by atoms with Crippen molar-refractivity contribution in [2.75, 3.05) is 20.3 Å². The number of rotatable bonds is 9. The van der Waals surface area contributed by atoms with E-state index in [1.165, 1.54) is 70.6 Å². The molecule has 32 heavy (non-hydrogen) atoms. The zero-order valence-corrected chi connectivity index (χ0v) is 22.1. The molecule has 4 rings (SSSR count).